The average Bonchev–Trinajstić information content (AvgIpc) is 2.66. The number of hydrogen-bond acceptors (Lipinski definition) is 2. The first-order valence-corrected chi connectivity index (χ1v) is 5.73. The van der Waals surface area contributed by atoms with Crippen molar-refractivity contribution in [3.05, 3.63) is 22.9 Å². The highest BCUT2D eigenvalue weighted by Crippen LogP contribution is 2.11. The molecule has 5 heteroatoms. The van der Waals surface area contributed by atoms with E-state index in [9.17, 15) is 4.79 Å². The molecule has 1 aliphatic rings. The Morgan fingerprint density at radius 3 is 2.80 bits per heavy atom. The maximum absolute atomic E-state index is 11.8. The summed E-state index contributed by atoms with van der Waals surface area (Å²) in [6.07, 6.45) is 1.89. The fourth-order valence-electron chi connectivity index (χ4n) is 1.58. The standard InChI is InChI=1S/C10H13BrN2O2/c11-9-2-1-3-13(9)8-10(14)12-4-6-15-7-5-12/h1-3H,4-8H2. The van der Waals surface area contributed by atoms with Crippen LogP contribution in [0.15, 0.2) is 22.9 Å². The van der Waals surface area contributed by atoms with Gasteiger partial charge in [-0.05, 0) is 28.1 Å². The predicted molar refractivity (Wildman–Crippen MR) is 59.5 cm³/mol. The molecule has 0 aromatic carbocycles. The summed E-state index contributed by atoms with van der Waals surface area (Å²) >= 11 is 3.39. The highest BCUT2D eigenvalue weighted by Gasteiger charge is 2.17. The van der Waals surface area contributed by atoms with Gasteiger partial charge in [-0.25, -0.2) is 0 Å². The van der Waals surface area contributed by atoms with Crippen molar-refractivity contribution >= 4 is 21.8 Å². The topological polar surface area (TPSA) is 34.5 Å². The van der Waals surface area contributed by atoms with E-state index in [2.05, 4.69) is 15.9 Å². The van der Waals surface area contributed by atoms with Crippen LogP contribution in [0.3, 0.4) is 0 Å². The van der Waals surface area contributed by atoms with E-state index in [0.29, 0.717) is 32.8 Å². The maximum atomic E-state index is 11.8. The Bertz CT molecular complexity index is 345. The molecular formula is C10H13BrN2O2. The fraction of sp³-hybridized carbons (Fsp3) is 0.500. The molecule has 15 heavy (non-hydrogen) atoms. The monoisotopic (exact) mass is 272 g/mol. The molecule has 1 aliphatic heterocycles. The van der Waals surface area contributed by atoms with Gasteiger partial charge in [0, 0.05) is 19.3 Å². The number of hydrogen-bond donors (Lipinski definition) is 0. The van der Waals surface area contributed by atoms with Gasteiger partial charge in [-0.1, -0.05) is 0 Å². The largest absolute Gasteiger partial charge is 0.378 e. The third kappa shape index (κ3) is 2.60. The quantitative estimate of drug-likeness (QED) is 0.809. The van der Waals surface area contributed by atoms with Crippen LogP contribution < -0.4 is 0 Å². The van der Waals surface area contributed by atoms with Crippen LogP contribution in [0.4, 0.5) is 0 Å². The number of morpholine rings is 1. The molecule has 0 atom stereocenters. The van der Waals surface area contributed by atoms with Gasteiger partial charge in [-0.3, -0.25) is 4.79 Å². The van der Waals surface area contributed by atoms with Crippen molar-refractivity contribution in [3.8, 4) is 0 Å². The number of rotatable bonds is 2. The molecule has 0 saturated carbocycles. The van der Waals surface area contributed by atoms with Crippen LogP contribution in [0.2, 0.25) is 0 Å². The van der Waals surface area contributed by atoms with Gasteiger partial charge >= 0.3 is 0 Å². The zero-order chi connectivity index (χ0) is 10.7. The second-order valence-corrected chi connectivity index (χ2v) is 4.26. The van der Waals surface area contributed by atoms with Gasteiger partial charge in [0.1, 0.15) is 6.54 Å². The van der Waals surface area contributed by atoms with Gasteiger partial charge in [0.2, 0.25) is 5.91 Å². The molecule has 4 nitrogen and oxygen atoms in total. The van der Waals surface area contributed by atoms with E-state index in [-0.39, 0.29) is 5.91 Å². The smallest absolute Gasteiger partial charge is 0.242 e. The van der Waals surface area contributed by atoms with Crippen molar-refractivity contribution < 1.29 is 9.53 Å². The van der Waals surface area contributed by atoms with Crippen molar-refractivity contribution in [2.45, 2.75) is 6.54 Å². The van der Waals surface area contributed by atoms with E-state index in [1.165, 1.54) is 0 Å². The summed E-state index contributed by atoms with van der Waals surface area (Å²) in [6.45, 7) is 3.11. The van der Waals surface area contributed by atoms with E-state index >= 15 is 0 Å². The zero-order valence-corrected chi connectivity index (χ0v) is 9.94. The highest BCUT2D eigenvalue weighted by atomic mass is 79.9. The molecule has 1 aromatic heterocycles. The van der Waals surface area contributed by atoms with Gasteiger partial charge < -0.3 is 14.2 Å². The molecule has 1 saturated heterocycles. The Balaban J connectivity index is 1.94. The zero-order valence-electron chi connectivity index (χ0n) is 8.36. The van der Waals surface area contributed by atoms with Crippen molar-refractivity contribution in [2.24, 2.45) is 0 Å². The van der Waals surface area contributed by atoms with Crippen LogP contribution in [0.25, 0.3) is 0 Å². The van der Waals surface area contributed by atoms with E-state index in [4.69, 9.17) is 4.74 Å². The average molecular weight is 273 g/mol. The lowest BCUT2D eigenvalue weighted by Crippen LogP contribution is -2.42. The number of ether oxygens (including phenoxy) is 1. The molecule has 0 radical (unpaired) electrons. The number of carbonyl (C=O) groups excluding carboxylic acids is 1. The number of amides is 1. The minimum atomic E-state index is 0.148. The van der Waals surface area contributed by atoms with Gasteiger partial charge in [-0.2, -0.15) is 0 Å². The number of nitrogens with zero attached hydrogens (tertiary/aromatic N) is 2. The van der Waals surface area contributed by atoms with Crippen LogP contribution in [-0.2, 0) is 16.1 Å². The van der Waals surface area contributed by atoms with Gasteiger partial charge in [0.25, 0.3) is 0 Å². The third-order valence-corrected chi connectivity index (χ3v) is 3.16. The summed E-state index contributed by atoms with van der Waals surface area (Å²) in [6, 6.07) is 3.84. The molecule has 0 N–H and O–H groups in total. The van der Waals surface area contributed by atoms with Gasteiger partial charge in [0.15, 0.2) is 0 Å². The van der Waals surface area contributed by atoms with Crippen LogP contribution in [-0.4, -0.2) is 41.7 Å². The molecule has 2 rings (SSSR count). The van der Waals surface area contributed by atoms with Gasteiger partial charge in [-0.15, -0.1) is 0 Å². The van der Waals surface area contributed by atoms with Crippen molar-refractivity contribution in [1.82, 2.24) is 9.47 Å². The molecule has 2 heterocycles. The molecule has 0 spiro atoms. The number of carbonyl (C=O) groups is 1. The minimum absolute atomic E-state index is 0.148. The van der Waals surface area contributed by atoms with E-state index in [1.54, 1.807) is 0 Å². The Hall–Kier alpha value is -0.810. The molecular weight excluding hydrogens is 260 g/mol. The second kappa shape index (κ2) is 4.81. The maximum Gasteiger partial charge on any atom is 0.242 e. The molecule has 1 aromatic rings. The van der Waals surface area contributed by atoms with Crippen LogP contribution in [0.5, 0.6) is 0 Å². The van der Waals surface area contributed by atoms with E-state index in [1.807, 2.05) is 27.8 Å². The predicted octanol–water partition coefficient (Wildman–Crippen LogP) is 1.11. The van der Waals surface area contributed by atoms with Crippen LogP contribution in [0.1, 0.15) is 0 Å². The Kier molecular flexibility index (Phi) is 3.43. The van der Waals surface area contributed by atoms with E-state index in [0.717, 1.165) is 4.60 Å². The molecule has 0 unspecified atom stereocenters. The second-order valence-electron chi connectivity index (χ2n) is 3.45. The summed E-state index contributed by atoms with van der Waals surface area (Å²) in [7, 11) is 0. The van der Waals surface area contributed by atoms with Crippen molar-refractivity contribution in [3.63, 3.8) is 0 Å². The Labute approximate surface area is 96.9 Å². The summed E-state index contributed by atoms with van der Waals surface area (Å²) in [5, 5.41) is 0. The fourth-order valence-corrected chi connectivity index (χ4v) is 1.98. The molecule has 0 aliphatic carbocycles. The van der Waals surface area contributed by atoms with Crippen molar-refractivity contribution in [2.75, 3.05) is 26.3 Å². The van der Waals surface area contributed by atoms with Crippen molar-refractivity contribution in [1.29, 1.82) is 0 Å². The lowest BCUT2D eigenvalue weighted by Gasteiger charge is -2.27. The SMILES string of the molecule is O=C(Cn1cccc1Br)N1CCOCC1. The minimum Gasteiger partial charge on any atom is -0.378 e. The lowest BCUT2D eigenvalue weighted by atomic mass is 10.4. The van der Waals surface area contributed by atoms with Gasteiger partial charge in [0.05, 0.1) is 17.8 Å². The number of halogens is 1. The van der Waals surface area contributed by atoms with E-state index < -0.39 is 0 Å². The molecule has 1 fully saturated rings. The Morgan fingerprint density at radius 2 is 2.20 bits per heavy atom. The van der Waals surface area contributed by atoms with Crippen LogP contribution in [0, 0.1) is 0 Å². The summed E-state index contributed by atoms with van der Waals surface area (Å²) in [5.41, 5.74) is 0. The molecule has 1 amide bonds. The summed E-state index contributed by atoms with van der Waals surface area (Å²) < 4.78 is 8.02. The highest BCUT2D eigenvalue weighted by molar-refractivity contribution is 9.10. The lowest BCUT2D eigenvalue weighted by molar-refractivity contribution is -0.135. The summed E-state index contributed by atoms with van der Waals surface area (Å²) in [4.78, 5) is 13.7. The summed E-state index contributed by atoms with van der Waals surface area (Å²) in [5.74, 6) is 0.148. The molecule has 0 bridgehead atoms. The normalized spacial score (nSPS) is 16.7. The Morgan fingerprint density at radius 1 is 1.47 bits per heavy atom. The molecule has 82 valence electrons. The van der Waals surface area contributed by atoms with Crippen LogP contribution >= 0.6 is 15.9 Å². The third-order valence-electron chi connectivity index (χ3n) is 2.44. The first-order valence-electron chi connectivity index (χ1n) is 4.93. The number of aromatic nitrogens is 1. The first kappa shape index (κ1) is 10.7. The first-order chi connectivity index (χ1) is 7.27.